The van der Waals surface area contributed by atoms with Crippen molar-refractivity contribution in [1.82, 2.24) is 4.90 Å². The lowest BCUT2D eigenvalue weighted by Gasteiger charge is -2.64. The minimum absolute atomic E-state index is 0.0163. The van der Waals surface area contributed by atoms with Gasteiger partial charge >= 0.3 is 11.9 Å². The number of ether oxygens (including phenoxy) is 3. The maximum atomic E-state index is 13.8. The molecule has 7 heteroatoms. The Bertz CT molecular complexity index is 1010. The molecule has 4 fully saturated rings. The number of esters is 2. The molecule has 1 saturated carbocycles. The van der Waals surface area contributed by atoms with Gasteiger partial charge < -0.3 is 19.5 Å². The molecule has 4 bridgehead atoms. The number of anilines is 1. The summed E-state index contributed by atoms with van der Waals surface area (Å²) in [5.74, 6) is -0.804. The molecule has 6 rings (SSSR count). The molecule has 4 heterocycles. The number of allylic oxidation sites excluding steroid dienone is 1. The van der Waals surface area contributed by atoms with E-state index in [1.54, 1.807) is 0 Å². The Kier molecular flexibility index (Phi) is 3.46. The zero-order valence-electron chi connectivity index (χ0n) is 17.4. The molecule has 0 amide bonds. The van der Waals surface area contributed by atoms with E-state index < -0.39 is 22.5 Å². The highest BCUT2D eigenvalue weighted by Crippen LogP contribution is 2.76. The largest absolute Gasteiger partial charge is 0.468 e. The number of nitrogens with zero attached hydrogens (tertiary/aromatic N) is 1. The van der Waals surface area contributed by atoms with Crippen LogP contribution in [0.1, 0.15) is 32.3 Å². The summed E-state index contributed by atoms with van der Waals surface area (Å²) >= 11 is 0. The lowest BCUT2D eigenvalue weighted by molar-refractivity contribution is -0.196. The van der Waals surface area contributed by atoms with Crippen LogP contribution in [-0.4, -0.2) is 55.1 Å². The van der Waals surface area contributed by atoms with Crippen LogP contribution in [0.25, 0.3) is 0 Å². The van der Waals surface area contributed by atoms with Crippen LogP contribution in [0.3, 0.4) is 0 Å². The topological polar surface area (TPSA) is 77.1 Å². The van der Waals surface area contributed by atoms with Crippen molar-refractivity contribution >= 4 is 17.6 Å². The SMILES string of the molecule is CC=C1CN2[C@@H]3C[C@@]45c6ccccc6N[C@]4(O3)[C@H]2C[C@H]1[C@@]5(COC(C)=O)C(=O)OC. The van der Waals surface area contributed by atoms with Crippen molar-refractivity contribution in [3.8, 4) is 0 Å². The summed E-state index contributed by atoms with van der Waals surface area (Å²) in [6.45, 7) is 4.15. The fraction of sp³-hybridized carbons (Fsp3) is 0.565. The molecule has 0 aromatic heterocycles. The van der Waals surface area contributed by atoms with Gasteiger partial charge in [0.15, 0.2) is 5.72 Å². The number of carbonyl (C=O) groups excluding carboxylic acids is 2. The summed E-state index contributed by atoms with van der Waals surface area (Å²) in [4.78, 5) is 28.2. The second-order valence-electron chi connectivity index (χ2n) is 9.17. The number of piperidine rings is 2. The van der Waals surface area contributed by atoms with Gasteiger partial charge in [-0.1, -0.05) is 29.8 Å². The Morgan fingerprint density at radius 1 is 1.37 bits per heavy atom. The van der Waals surface area contributed by atoms with Crippen LogP contribution in [0.5, 0.6) is 0 Å². The van der Waals surface area contributed by atoms with Crippen molar-refractivity contribution in [1.29, 1.82) is 0 Å². The van der Waals surface area contributed by atoms with E-state index in [9.17, 15) is 9.59 Å². The predicted molar refractivity (Wildman–Crippen MR) is 107 cm³/mol. The van der Waals surface area contributed by atoms with Crippen molar-refractivity contribution in [2.24, 2.45) is 11.3 Å². The van der Waals surface area contributed by atoms with E-state index in [0.29, 0.717) is 6.42 Å². The molecule has 1 aromatic carbocycles. The third-order valence-electron chi connectivity index (χ3n) is 8.44. The molecule has 6 atom stereocenters. The first kappa shape index (κ1) is 18.4. The number of methoxy groups -OCH3 is 1. The Balaban J connectivity index is 1.69. The molecule has 158 valence electrons. The normalized spacial score (nSPS) is 43.3. The maximum Gasteiger partial charge on any atom is 0.317 e. The predicted octanol–water partition coefficient (Wildman–Crippen LogP) is 2.18. The molecule has 5 aliphatic rings. The van der Waals surface area contributed by atoms with Gasteiger partial charge in [-0.15, -0.1) is 0 Å². The number of carbonyl (C=O) groups is 2. The summed E-state index contributed by atoms with van der Waals surface area (Å²) in [7, 11) is 1.43. The van der Waals surface area contributed by atoms with Gasteiger partial charge in [0.05, 0.1) is 18.6 Å². The fourth-order valence-corrected chi connectivity index (χ4v) is 7.51. The van der Waals surface area contributed by atoms with Crippen LogP contribution in [0.15, 0.2) is 35.9 Å². The summed E-state index contributed by atoms with van der Waals surface area (Å²) in [5, 5.41) is 3.70. The number of hydrogen-bond donors (Lipinski definition) is 1. The van der Waals surface area contributed by atoms with Gasteiger partial charge in [-0.25, -0.2) is 0 Å². The third-order valence-corrected chi connectivity index (χ3v) is 8.44. The van der Waals surface area contributed by atoms with Crippen LogP contribution in [0.2, 0.25) is 0 Å². The van der Waals surface area contributed by atoms with Crippen LogP contribution in [0, 0.1) is 11.3 Å². The molecule has 30 heavy (non-hydrogen) atoms. The maximum absolute atomic E-state index is 13.8. The quantitative estimate of drug-likeness (QED) is 0.605. The van der Waals surface area contributed by atoms with Crippen LogP contribution >= 0.6 is 0 Å². The van der Waals surface area contributed by atoms with Gasteiger partial charge in [0.25, 0.3) is 0 Å². The van der Waals surface area contributed by atoms with Gasteiger partial charge in [0, 0.05) is 31.5 Å². The van der Waals surface area contributed by atoms with Crippen LogP contribution in [-0.2, 0) is 29.2 Å². The minimum Gasteiger partial charge on any atom is -0.468 e. The molecule has 7 nitrogen and oxygen atoms in total. The summed E-state index contributed by atoms with van der Waals surface area (Å²) in [5.41, 5.74) is 0.775. The summed E-state index contributed by atoms with van der Waals surface area (Å²) in [6, 6.07) is 8.28. The van der Waals surface area contributed by atoms with Gasteiger partial charge in [-0.3, -0.25) is 14.5 Å². The van der Waals surface area contributed by atoms with E-state index in [4.69, 9.17) is 14.2 Å². The minimum atomic E-state index is -1.06. The average Bonchev–Trinajstić information content (AvgIpc) is 3.35. The highest BCUT2D eigenvalue weighted by molar-refractivity contribution is 5.86. The number of fused-ring (bicyclic) bond motifs is 4. The Labute approximate surface area is 175 Å². The molecule has 1 spiro atoms. The van der Waals surface area contributed by atoms with E-state index in [-0.39, 0.29) is 30.8 Å². The number of hydrogen-bond acceptors (Lipinski definition) is 7. The summed E-state index contributed by atoms with van der Waals surface area (Å²) in [6.07, 6.45) is 3.45. The Morgan fingerprint density at radius 3 is 2.90 bits per heavy atom. The van der Waals surface area contributed by atoms with Gasteiger partial charge in [0.1, 0.15) is 18.2 Å². The van der Waals surface area contributed by atoms with E-state index >= 15 is 0 Å². The van der Waals surface area contributed by atoms with Crippen molar-refractivity contribution in [2.45, 2.75) is 50.1 Å². The average molecular weight is 410 g/mol. The molecule has 1 aromatic rings. The van der Waals surface area contributed by atoms with E-state index in [1.165, 1.54) is 19.6 Å². The van der Waals surface area contributed by atoms with Crippen LogP contribution < -0.4 is 5.32 Å². The second-order valence-corrected chi connectivity index (χ2v) is 9.17. The van der Waals surface area contributed by atoms with E-state index in [0.717, 1.165) is 24.2 Å². The fourth-order valence-electron chi connectivity index (χ4n) is 7.51. The number of rotatable bonds is 3. The first-order valence-corrected chi connectivity index (χ1v) is 10.6. The number of benzene rings is 1. The van der Waals surface area contributed by atoms with Crippen molar-refractivity contribution in [3.05, 3.63) is 41.5 Å². The summed E-state index contributed by atoms with van der Waals surface area (Å²) < 4.78 is 17.9. The monoisotopic (exact) mass is 410 g/mol. The van der Waals surface area contributed by atoms with E-state index in [2.05, 4.69) is 22.4 Å². The van der Waals surface area contributed by atoms with Gasteiger partial charge in [0.2, 0.25) is 0 Å². The third kappa shape index (κ3) is 1.70. The van der Waals surface area contributed by atoms with E-state index in [1.807, 2.05) is 25.1 Å². The van der Waals surface area contributed by atoms with Gasteiger partial charge in [-0.05, 0) is 25.0 Å². The number of nitrogens with one attached hydrogen (secondary N) is 1. The lowest BCUT2D eigenvalue weighted by Crippen LogP contribution is -2.78. The van der Waals surface area contributed by atoms with Crippen molar-refractivity contribution in [3.63, 3.8) is 0 Å². The zero-order valence-corrected chi connectivity index (χ0v) is 17.4. The molecular formula is C23H26N2O5. The zero-order chi connectivity index (χ0) is 20.9. The first-order valence-electron chi connectivity index (χ1n) is 10.6. The second kappa shape index (κ2) is 5.65. The standard InChI is InChI=1S/C23H26N2O5/c1-4-14-11-25-18-9-16(14)21(20(27)28-3,12-29-13(2)26)22-10-19(25)30-23(18,22)24-17-8-6-5-7-15(17)22/h4-8,16,18-19,24H,9-12H2,1-3H3/t16-,18-,19+,21+,22+,23+/m1/s1. The smallest absolute Gasteiger partial charge is 0.317 e. The molecule has 1 N–H and O–H groups in total. The number of para-hydroxylation sites is 1. The van der Waals surface area contributed by atoms with Crippen molar-refractivity contribution < 1.29 is 23.8 Å². The molecule has 1 aliphatic carbocycles. The first-order chi connectivity index (χ1) is 14.4. The Morgan fingerprint density at radius 2 is 2.17 bits per heavy atom. The molecular weight excluding hydrogens is 384 g/mol. The van der Waals surface area contributed by atoms with Crippen LogP contribution in [0.4, 0.5) is 5.69 Å². The van der Waals surface area contributed by atoms with Crippen molar-refractivity contribution in [2.75, 3.05) is 25.6 Å². The molecule has 3 saturated heterocycles. The highest BCUT2D eigenvalue weighted by Gasteiger charge is 2.87. The molecule has 0 unspecified atom stereocenters. The Hall–Kier alpha value is -2.38. The van der Waals surface area contributed by atoms with Gasteiger partial charge in [-0.2, -0.15) is 0 Å². The highest BCUT2D eigenvalue weighted by atomic mass is 16.6. The molecule has 4 aliphatic heterocycles. The molecule has 0 radical (unpaired) electrons. The lowest BCUT2D eigenvalue weighted by atomic mass is 9.42.